The Bertz CT molecular complexity index is 578. The molecule has 0 fully saturated rings. The predicted octanol–water partition coefficient (Wildman–Crippen LogP) is 3.27. The highest BCUT2D eigenvalue weighted by Crippen LogP contribution is 2.31. The number of hydrogen-bond acceptors (Lipinski definition) is 3. The summed E-state index contributed by atoms with van der Waals surface area (Å²) in [5.41, 5.74) is 3.63. The first-order valence-electron chi connectivity index (χ1n) is 5.72. The summed E-state index contributed by atoms with van der Waals surface area (Å²) in [5.74, 6) is 1.91. The molecule has 0 saturated heterocycles. The van der Waals surface area contributed by atoms with E-state index >= 15 is 0 Å². The Balaban J connectivity index is 2.42. The molecule has 0 aromatic carbocycles. The lowest BCUT2D eigenvalue weighted by molar-refractivity contribution is 0.468. The summed E-state index contributed by atoms with van der Waals surface area (Å²) in [6, 6.07) is 1.89. The fourth-order valence-corrected chi connectivity index (χ4v) is 1.97. The molecule has 0 N–H and O–H groups in total. The van der Waals surface area contributed by atoms with Gasteiger partial charge in [0, 0.05) is 30.6 Å². The molecule has 0 aliphatic carbocycles. The molecule has 0 bridgehead atoms. The van der Waals surface area contributed by atoms with E-state index in [2.05, 4.69) is 10.1 Å². The third-order valence-electron chi connectivity index (χ3n) is 2.88. The standard InChI is InChI=1S/C13H16ClN3O/c1-8-5-12(11(6-14)7-15-8)18-13-9(2)16-17(4)10(13)3/h5,7H,6H2,1-4H3. The van der Waals surface area contributed by atoms with Crippen molar-refractivity contribution in [3.63, 3.8) is 0 Å². The Kier molecular flexibility index (Phi) is 3.57. The van der Waals surface area contributed by atoms with E-state index in [0.29, 0.717) is 5.88 Å². The van der Waals surface area contributed by atoms with Gasteiger partial charge in [0.05, 0.1) is 11.6 Å². The largest absolute Gasteiger partial charge is 0.453 e. The lowest BCUT2D eigenvalue weighted by Gasteiger charge is -2.10. The van der Waals surface area contributed by atoms with E-state index in [1.54, 1.807) is 10.9 Å². The third kappa shape index (κ3) is 2.34. The lowest BCUT2D eigenvalue weighted by atomic mass is 10.2. The highest BCUT2D eigenvalue weighted by Gasteiger charge is 2.14. The summed E-state index contributed by atoms with van der Waals surface area (Å²) < 4.78 is 7.76. The number of nitrogens with zero attached hydrogens (tertiary/aromatic N) is 3. The second-order valence-electron chi connectivity index (χ2n) is 4.29. The van der Waals surface area contributed by atoms with Gasteiger partial charge in [-0.15, -0.1) is 11.6 Å². The van der Waals surface area contributed by atoms with Crippen LogP contribution < -0.4 is 4.74 Å². The Morgan fingerprint density at radius 2 is 2.06 bits per heavy atom. The summed E-state index contributed by atoms with van der Waals surface area (Å²) in [5, 5.41) is 4.33. The molecular formula is C13H16ClN3O. The van der Waals surface area contributed by atoms with E-state index in [1.807, 2.05) is 33.9 Å². The van der Waals surface area contributed by atoms with Crippen molar-refractivity contribution in [2.24, 2.45) is 7.05 Å². The minimum atomic E-state index is 0.376. The maximum atomic E-state index is 5.96. The molecule has 0 aliphatic rings. The number of halogens is 1. The van der Waals surface area contributed by atoms with Crippen molar-refractivity contribution in [1.82, 2.24) is 14.8 Å². The molecule has 2 rings (SSSR count). The Morgan fingerprint density at radius 1 is 1.33 bits per heavy atom. The van der Waals surface area contributed by atoms with Crippen LogP contribution in [-0.4, -0.2) is 14.8 Å². The summed E-state index contributed by atoms with van der Waals surface area (Å²) in [7, 11) is 1.90. The molecule has 2 aromatic heterocycles. The van der Waals surface area contributed by atoms with Gasteiger partial charge in [0.2, 0.25) is 0 Å². The zero-order valence-corrected chi connectivity index (χ0v) is 11.7. The average molecular weight is 266 g/mol. The minimum absolute atomic E-state index is 0.376. The van der Waals surface area contributed by atoms with Crippen molar-refractivity contribution in [1.29, 1.82) is 0 Å². The zero-order chi connectivity index (χ0) is 13.3. The summed E-state index contributed by atoms with van der Waals surface area (Å²) in [4.78, 5) is 4.22. The molecule has 18 heavy (non-hydrogen) atoms. The summed E-state index contributed by atoms with van der Waals surface area (Å²) >= 11 is 5.89. The Morgan fingerprint density at radius 3 is 2.61 bits per heavy atom. The Labute approximate surface area is 112 Å². The topological polar surface area (TPSA) is 39.9 Å². The van der Waals surface area contributed by atoms with Crippen molar-refractivity contribution in [2.75, 3.05) is 0 Å². The first-order chi connectivity index (χ1) is 8.52. The van der Waals surface area contributed by atoms with Gasteiger partial charge in [-0.1, -0.05) is 0 Å². The molecule has 2 heterocycles. The second-order valence-corrected chi connectivity index (χ2v) is 4.56. The highest BCUT2D eigenvalue weighted by atomic mass is 35.5. The van der Waals surface area contributed by atoms with Crippen LogP contribution >= 0.6 is 11.6 Å². The van der Waals surface area contributed by atoms with Gasteiger partial charge in [-0.3, -0.25) is 9.67 Å². The van der Waals surface area contributed by atoms with Gasteiger partial charge in [0.1, 0.15) is 11.4 Å². The maximum absolute atomic E-state index is 5.96. The molecular weight excluding hydrogens is 250 g/mol. The van der Waals surface area contributed by atoms with Crippen molar-refractivity contribution in [3.05, 3.63) is 34.9 Å². The molecule has 4 nitrogen and oxygen atoms in total. The first-order valence-corrected chi connectivity index (χ1v) is 6.26. The smallest absolute Gasteiger partial charge is 0.171 e. The molecule has 2 aromatic rings. The van der Waals surface area contributed by atoms with Crippen LogP contribution in [0.3, 0.4) is 0 Å². The molecule has 0 aliphatic heterocycles. The van der Waals surface area contributed by atoms with Gasteiger partial charge >= 0.3 is 0 Å². The minimum Gasteiger partial charge on any atom is -0.453 e. The summed E-state index contributed by atoms with van der Waals surface area (Å²) in [6.07, 6.45) is 1.75. The van der Waals surface area contributed by atoms with Crippen LogP contribution in [0.25, 0.3) is 0 Å². The van der Waals surface area contributed by atoms with Gasteiger partial charge in [-0.2, -0.15) is 5.10 Å². The molecule has 5 heteroatoms. The highest BCUT2D eigenvalue weighted by molar-refractivity contribution is 6.17. The second kappa shape index (κ2) is 4.98. The monoisotopic (exact) mass is 265 g/mol. The number of rotatable bonds is 3. The molecule has 96 valence electrons. The van der Waals surface area contributed by atoms with Crippen molar-refractivity contribution >= 4 is 11.6 Å². The number of aromatic nitrogens is 3. The van der Waals surface area contributed by atoms with Crippen LogP contribution in [0, 0.1) is 20.8 Å². The first kappa shape index (κ1) is 12.9. The van der Waals surface area contributed by atoms with Crippen LogP contribution in [-0.2, 0) is 12.9 Å². The van der Waals surface area contributed by atoms with Crippen molar-refractivity contribution in [2.45, 2.75) is 26.7 Å². The molecule has 0 amide bonds. The van der Waals surface area contributed by atoms with Crippen LogP contribution in [0.5, 0.6) is 11.5 Å². The third-order valence-corrected chi connectivity index (χ3v) is 3.17. The number of ether oxygens (including phenoxy) is 1. The van der Waals surface area contributed by atoms with E-state index < -0.39 is 0 Å². The van der Waals surface area contributed by atoms with Gasteiger partial charge in [-0.25, -0.2) is 0 Å². The quantitative estimate of drug-likeness (QED) is 0.800. The number of hydrogen-bond donors (Lipinski definition) is 0. The van der Waals surface area contributed by atoms with E-state index in [4.69, 9.17) is 16.3 Å². The average Bonchev–Trinajstić information content (AvgIpc) is 2.56. The molecule has 0 spiro atoms. The van der Waals surface area contributed by atoms with Gasteiger partial charge in [0.15, 0.2) is 5.75 Å². The number of pyridine rings is 1. The van der Waals surface area contributed by atoms with Crippen LogP contribution in [0.4, 0.5) is 0 Å². The van der Waals surface area contributed by atoms with Crippen LogP contribution in [0.2, 0.25) is 0 Å². The molecule has 0 atom stereocenters. The zero-order valence-electron chi connectivity index (χ0n) is 11.0. The predicted molar refractivity (Wildman–Crippen MR) is 71.3 cm³/mol. The van der Waals surface area contributed by atoms with Gasteiger partial charge in [-0.05, 0) is 20.8 Å². The molecule has 0 saturated carbocycles. The number of aryl methyl sites for hydroxylation is 3. The summed E-state index contributed by atoms with van der Waals surface area (Å²) in [6.45, 7) is 5.83. The van der Waals surface area contributed by atoms with Crippen LogP contribution in [0.1, 0.15) is 22.6 Å². The fraction of sp³-hybridized carbons (Fsp3) is 0.385. The van der Waals surface area contributed by atoms with E-state index in [1.165, 1.54) is 0 Å². The van der Waals surface area contributed by atoms with E-state index in [-0.39, 0.29) is 0 Å². The normalized spacial score (nSPS) is 10.7. The molecule has 0 unspecified atom stereocenters. The SMILES string of the molecule is Cc1cc(Oc2c(C)nn(C)c2C)c(CCl)cn1. The van der Waals surface area contributed by atoms with E-state index in [9.17, 15) is 0 Å². The Hall–Kier alpha value is -1.55. The van der Waals surface area contributed by atoms with Crippen molar-refractivity contribution in [3.8, 4) is 11.5 Å². The molecule has 0 radical (unpaired) electrons. The van der Waals surface area contributed by atoms with Crippen molar-refractivity contribution < 1.29 is 4.74 Å². The maximum Gasteiger partial charge on any atom is 0.171 e. The van der Waals surface area contributed by atoms with Gasteiger partial charge < -0.3 is 4.74 Å². The van der Waals surface area contributed by atoms with E-state index in [0.717, 1.165) is 34.1 Å². The van der Waals surface area contributed by atoms with Gasteiger partial charge in [0.25, 0.3) is 0 Å². The fourth-order valence-electron chi connectivity index (χ4n) is 1.77. The lowest BCUT2D eigenvalue weighted by Crippen LogP contribution is -1.95. The van der Waals surface area contributed by atoms with Crippen LogP contribution in [0.15, 0.2) is 12.3 Å². The number of alkyl halides is 1.